The Bertz CT molecular complexity index is 364. The highest BCUT2D eigenvalue weighted by atomic mass is 32.2. The van der Waals surface area contributed by atoms with Gasteiger partial charge in [-0.05, 0) is 18.8 Å². The van der Waals surface area contributed by atoms with E-state index in [1.54, 1.807) is 0 Å². The second-order valence-corrected chi connectivity index (χ2v) is 6.54. The van der Waals surface area contributed by atoms with Crippen LogP contribution in [0.25, 0.3) is 0 Å². The number of aliphatic imine (C=N–C) groups is 1. The van der Waals surface area contributed by atoms with Crippen molar-refractivity contribution in [3.8, 4) is 0 Å². The van der Waals surface area contributed by atoms with E-state index in [1.165, 1.54) is 10.4 Å². The largest absolute Gasteiger partial charge is 0.235 e. The smallest absolute Gasteiger partial charge is 0.212 e. The van der Waals surface area contributed by atoms with Crippen LogP contribution in [0.5, 0.6) is 0 Å². The molecule has 0 atom stereocenters. The molecule has 1 saturated heterocycles. The Morgan fingerprint density at radius 3 is 2.38 bits per heavy atom. The molecule has 0 aromatic rings. The van der Waals surface area contributed by atoms with E-state index in [9.17, 15) is 13.2 Å². The van der Waals surface area contributed by atoms with Crippen LogP contribution in [0.3, 0.4) is 0 Å². The molecule has 0 aromatic heterocycles. The second-order valence-electron chi connectivity index (χ2n) is 4.52. The third-order valence-corrected chi connectivity index (χ3v) is 4.84. The van der Waals surface area contributed by atoms with Gasteiger partial charge in [0.05, 0.1) is 11.8 Å². The van der Waals surface area contributed by atoms with Crippen LogP contribution in [0.4, 0.5) is 0 Å². The summed E-state index contributed by atoms with van der Waals surface area (Å²) in [6, 6.07) is -0.0528. The van der Waals surface area contributed by atoms with Crippen LogP contribution >= 0.6 is 0 Å². The Morgan fingerprint density at radius 2 is 1.94 bits per heavy atom. The minimum absolute atomic E-state index is 0.0528. The van der Waals surface area contributed by atoms with Crippen LogP contribution in [-0.4, -0.2) is 43.7 Å². The van der Waals surface area contributed by atoms with Gasteiger partial charge >= 0.3 is 0 Å². The van der Waals surface area contributed by atoms with E-state index in [1.807, 2.05) is 13.8 Å². The maximum Gasteiger partial charge on any atom is 0.235 e. The topological polar surface area (TPSA) is 66.8 Å². The molecular weight excluding hydrogens is 228 g/mol. The van der Waals surface area contributed by atoms with Crippen LogP contribution < -0.4 is 0 Å². The summed E-state index contributed by atoms with van der Waals surface area (Å²) < 4.78 is 25.3. The molecule has 92 valence electrons. The predicted molar refractivity (Wildman–Crippen MR) is 61.3 cm³/mol. The Kier molecular flexibility index (Phi) is 4.65. The molecular formula is C10H18N2O3S. The first-order valence-electron chi connectivity index (χ1n) is 5.50. The van der Waals surface area contributed by atoms with E-state index in [4.69, 9.17) is 0 Å². The summed E-state index contributed by atoms with van der Waals surface area (Å²) in [4.78, 5) is 13.7. The monoisotopic (exact) mass is 246 g/mol. The fourth-order valence-electron chi connectivity index (χ4n) is 1.85. The number of nitrogens with zero attached hydrogens (tertiary/aromatic N) is 2. The quantitative estimate of drug-likeness (QED) is 0.543. The molecule has 0 radical (unpaired) electrons. The molecule has 0 amide bonds. The predicted octanol–water partition coefficient (Wildman–Crippen LogP) is 0.772. The van der Waals surface area contributed by atoms with Crippen LogP contribution in [-0.2, 0) is 14.8 Å². The Morgan fingerprint density at radius 1 is 1.38 bits per heavy atom. The SMILES string of the molecule is CC(C)CS(=O)(=O)N1CCC(N=C=O)CC1. The minimum Gasteiger partial charge on any atom is -0.212 e. The van der Waals surface area contributed by atoms with Crippen molar-refractivity contribution >= 4 is 16.1 Å². The van der Waals surface area contributed by atoms with Gasteiger partial charge in [0.1, 0.15) is 0 Å². The van der Waals surface area contributed by atoms with E-state index < -0.39 is 10.0 Å². The number of rotatable bonds is 4. The van der Waals surface area contributed by atoms with Crippen molar-refractivity contribution in [1.82, 2.24) is 4.31 Å². The molecule has 1 aliphatic rings. The summed E-state index contributed by atoms with van der Waals surface area (Å²) in [7, 11) is -3.13. The number of hydrogen-bond donors (Lipinski definition) is 0. The van der Waals surface area contributed by atoms with Crippen LogP contribution in [0.15, 0.2) is 4.99 Å². The highest BCUT2D eigenvalue weighted by Crippen LogP contribution is 2.17. The zero-order chi connectivity index (χ0) is 12.2. The molecule has 0 saturated carbocycles. The van der Waals surface area contributed by atoms with Gasteiger partial charge in [-0.15, -0.1) is 0 Å². The average Bonchev–Trinajstić information content (AvgIpc) is 2.17. The van der Waals surface area contributed by atoms with E-state index in [2.05, 4.69) is 4.99 Å². The van der Waals surface area contributed by atoms with Gasteiger partial charge in [-0.3, -0.25) is 0 Å². The highest BCUT2D eigenvalue weighted by Gasteiger charge is 2.28. The number of hydrogen-bond acceptors (Lipinski definition) is 4. The fourth-order valence-corrected chi connectivity index (χ4v) is 3.67. The molecule has 1 heterocycles. The van der Waals surface area contributed by atoms with Gasteiger partial charge in [0, 0.05) is 13.1 Å². The van der Waals surface area contributed by atoms with E-state index in [0.717, 1.165) is 0 Å². The van der Waals surface area contributed by atoms with Crippen LogP contribution in [0, 0.1) is 5.92 Å². The molecule has 0 spiro atoms. The average molecular weight is 246 g/mol. The van der Waals surface area contributed by atoms with Crippen molar-refractivity contribution in [1.29, 1.82) is 0 Å². The Balaban J connectivity index is 2.56. The number of sulfonamides is 1. The van der Waals surface area contributed by atoms with E-state index >= 15 is 0 Å². The first kappa shape index (κ1) is 13.4. The molecule has 0 bridgehead atoms. The summed E-state index contributed by atoms with van der Waals surface area (Å²) in [5.41, 5.74) is 0. The van der Waals surface area contributed by atoms with Gasteiger partial charge in [0.15, 0.2) is 0 Å². The molecule has 1 fully saturated rings. The van der Waals surface area contributed by atoms with Gasteiger partial charge in [0.2, 0.25) is 16.1 Å². The summed E-state index contributed by atoms with van der Waals surface area (Å²) >= 11 is 0. The van der Waals surface area contributed by atoms with Crippen molar-refractivity contribution in [2.45, 2.75) is 32.7 Å². The molecule has 1 aliphatic heterocycles. The van der Waals surface area contributed by atoms with E-state index in [-0.39, 0.29) is 17.7 Å². The van der Waals surface area contributed by atoms with Gasteiger partial charge < -0.3 is 0 Å². The summed E-state index contributed by atoms with van der Waals surface area (Å²) in [6.45, 7) is 4.71. The third kappa shape index (κ3) is 3.70. The van der Waals surface area contributed by atoms with Gasteiger partial charge in [-0.1, -0.05) is 13.8 Å². The zero-order valence-electron chi connectivity index (χ0n) is 9.72. The van der Waals surface area contributed by atoms with Crippen LogP contribution in [0.2, 0.25) is 0 Å². The summed E-state index contributed by atoms with van der Waals surface area (Å²) in [5, 5.41) is 0. The van der Waals surface area contributed by atoms with E-state index in [0.29, 0.717) is 25.9 Å². The maximum absolute atomic E-state index is 11.9. The number of isocyanates is 1. The number of carbonyl (C=O) groups excluding carboxylic acids is 1. The van der Waals surface area contributed by atoms with Gasteiger partial charge in [0.25, 0.3) is 0 Å². The second kappa shape index (κ2) is 5.57. The lowest BCUT2D eigenvalue weighted by molar-refractivity contribution is 0.319. The molecule has 0 unspecified atom stereocenters. The number of piperidine rings is 1. The molecule has 5 nitrogen and oxygen atoms in total. The zero-order valence-corrected chi connectivity index (χ0v) is 10.5. The fraction of sp³-hybridized carbons (Fsp3) is 0.900. The molecule has 1 rings (SSSR count). The van der Waals surface area contributed by atoms with Crippen molar-refractivity contribution < 1.29 is 13.2 Å². The molecule has 16 heavy (non-hydrogen) atoms. The van der Waals surface area contributed by atoms with Gasteiger partial charge in [-0.25, -0.2) is 22.5 Å². The van der Waals surface area contributed by atoms with Crippen molar-refractivity contribution in [3.05, 3.63) is 0 Å². The molecule has 0 N–H and O–H groups in total. The van der Waals surface area contributed by atoms with Crippen molar-refractivity contribution in [2.24, 2.45) is 10.9 Å². The normalized spacial score (nSPS) is 19.7. The summed E-state index contributed by atoms with van der Waals surface area (Å²) in [6.07, 6.45) is 2.77. The van der Waals surface area contributed by atoms with Crippen LogP contribution in [0.1, 0.15) is 26.7 Å². The lowest BCUT2D eigenvalue weighted by atomic mass is 10.1. The standard InChI is InChI=1S/C10H18N2O3S/c1-9(2)7-16(14,15)12-5-3-10(4-6-12)11-8-13/h9-10H,3-7H2,1-2H3. The Labute approximate surface area is 96.6 Å². The third-order valence-electron chi connectivity index (χ3n) is 2.60. The summed E-state index contributed by atoms with van der Waals surface area (Å²) in [5.74, 6) is 0.324. The first-order chi connectivity index (χ1) is 7.45. The Hall–Kier alpha value is -0.710. The molecule has 0 aliphatic carbocycles. The van der Waals surface area contributed by atoms with Crippen molar-refractivity contribution in [2.75, 3.05) is 18.8 Å². The van der Waals surface area contributed by atoms with Gasteiger partial charge in [-0.2, -0.15) is 0 Å². The first-order valence-corrected chi connectivity index (χ1v) is 7.11. The highest BCUT2D eigenvalue weighted by molar-refractivity contribution is 7.89. The lowest BCUT2D eigenvalue weighted by Gasteiger charge is -2.29. The van der Waals surface area contributed by atoms with Crippen molar-refractivity contribution in [3.63, 3.8) is 0 Å². The maximum atomic E-state index is 11.9. The molecule has 0 aromatic carbocycles. The minimum atomic E-state index is -3.13. The lowest BCUT2D eigenvalue weighted by Crippen LogP contribution is -2.41. The molecule has 6 heteroatoms.